The molecular formula is C24H27ClN4O2S. The molecule has 1 aliphatic carbocycles. The van der Waals surface area contributed by atoms with Crippen molar-refractivity contribution in [3.05, 3.63) is 65.4 Å². The second-order valence-electron chi connectivity index (χ2n) is 7.86. The maximum Gasteiger partial charge on any atom is 0.237 e. The van der Waals surface area contributed by atoms with Crippen LogP contribution < -0.4 is 9.64 Å². The van der Waals surface area contributed by atoms with Gasteiger partial charge in [-0.05, 0) is 37.1 Å². The van der Waals surface area contributed by atoms with E-state index in [4.69, 9.17) is 16.3 Å². The molecule has 6 nitrogen and oxygen atoms in total. The summed E-state index contributed by atoms with van der Waals surface area (Å²) in [4.78, 5) is 15.3. The minimum Gasteiger partial charge on any atom is -0.484 e. The van der Waals surface area contributed by atoms with Gasteiger partial charge in [-0.1, -0.05) is 73.0 Å². The fourth-order valence-electron chi connectivity index (χ4n) is 3.98. The third kappa shape index (κ3) is 5.45. The van der Waals surface area contributed by atoms with E-state index in [-0.39, 0.29) is 18.6 Å². The van der Waals surface area contributed by atoms with Gasteiger partial charge in [-0.25, -0.2) is 0 Å². The number of ether oxygens (including phenoxy) is 1. The molecule has 0 radical (unpaired) electrons. The monoisotopic (exact) mass is 470 g/mol. The third-order valence-electron chi connectivity index (χ3n) is 5.69. The second kappa shape index (κ2) is 10.9. The van der Waals surface area contributed by atoms with Gasteiger partial charge < -0.3 is 14.2 Å². The average Bonchev–Trinajstić information content (AvgIpc) is 3.18. The molecule has 0 saturated heterocycles. The van der Waals surface area contributed by atoms with E-state index in [0.29, 0.717) is 27.5 Å². The molecule has 0 aliphatic heterocycles. The Hall–Kier alpha value is -2.51. The summed E-state index contributed by atoms with van der Waals surface area (Å²) in [5.74, 6) is 1.69. The van der Waals surface area contributed by atoms with Crippen molar-refractivity contribution in [2.45, 2.75) is 49.9 Å². The normalized spacial score (nSPS) is 14.3. The number of amides is 1. The van der Waals surface area contributed by atoms with E-state index in [9.17, 15) is 4.79 Å². The number of halogens is 1. The molecule has 1 fully saturated rings. The highest BCUT2D eigenvalue weighted by molar-refractivity contribution is 7.99. The summed E-state index contributed by atoms with van der Waals surface area (Å²) in [6.07, 6.45) is 5.70. The van der Waals surface area contributed by atoms with Crippen LogP contribution in [-0.4, -0.2) is 32.5 Å². The number of aromatic nitrogens is 3. The van der Waals surface area contributed by atoms with E-state index in [0.717, 1.165) is 18.5 Å². The van der Waals surface area contributed by atoms with Crippen LogP contribution in [-0.2, 0) is 18.4 Å². The molecular weight excluding hydrogens is 444 g/mol. The summed E-state index contributed by atoms with van der Waals surface area (Å²) < 4.78 is 7.64. The highest BCUT2D eigenvalue weighted by Gasteiger charge is 2.27. The summed E-state index contributed by atoms with van der Waals surface area (Å²) in [7, 11) is 1.88. The van der Waals surface area contributed by atoms with Crippen LogP contribution in [0.15, 0.2) is 59.8 Å². The zero-order valence-corrected chi connectivity index (χ0v) is 19.7. The number of benzene rings is 2. The molecule has 0 N–H and O–H groups in total. The van der Waals surface area contributed by atoms with E-state index in [1.165, 1.54) is 31.0 Å². The first-order chi connectivity index (χ1) is 15.6. The standard InChI is InChI=1S/C24H27ClN4O2S/c1-28-22(16-31-21-15-9-8-14-20(21)25)26-27-24(28)32-17-23(30)29(18-10-4-2-5-11-18)19-12-6-3-7-13-19/h2,4-5,8-11,14-15,19H,3,6-7,12-13,16-17H2,1H3. The van der Waals surface area contributed by atoms with Gasteiger partial charge in [-0.3, -0.25) is 4.79 Å². The average molecular weight is 471 g/mol. The van der Waals surface area contributed by atoms with Crippen molar-refractivity contribution in [1.29, 1.82) is 0 Å². The Bertz CT molecular complexity index is 1040. The van der Waals surface area contributed by atoms with Gasteiger partial charge in [0.2, 0.25) is 5.91 Å². The lowest BCUT2D eigenvalue weighted by Crippen LogP contribution is -2.42. The van der Waals surface area contributed by atoms with Crippen LogP contribution >= 0.6 is 23.4 Å². The first-order valence-electron chi connectivity index (χ1n) is 10.9. The van der Waals surface area contributed by atoms with Gasteiger partial charge in [0.05, 0.1) is 10.8 Å². The zero-order chi connectivity index (χ0) is 22.3. The molecule has 32 heavy (non-hydrogen) atoms. The van der Waals surface area contributed by atoms with E-state index in [2.05, 4.69) is 10.2 Å². The van der Waals surface area contributed by atoms with Crippen molar-refractivity contribution < 1.29 is 9.53 Å². The van der Waals surface area contributed by atoms with Crippen molar-refractivity contribution in [2.24, 2.45) is 7.05 Å². The topological polar surface area (TPSA) is 60.2 Å². The third-order valence-corrected chi connectivity index (χ3v) is 7.00. The maximum absolute atomic E-state index is 13.3. The van der Waals surface area contributed by atoms with Crippen LogP contribution in [0.25, 0.3) is 0 Å². The van der Waals surface area contributed by atoms with E-state index < -0.39 is 0 Å². The molecule has 1 saturated carbocycles. The smallest absolute Gasteiger partial charge is 0.237 e. The molecule has 0 bridgehead atoms. The Morgan fingerprint density at radius 2 is 1.81 bits per heavy atom. The number of para-hydroxylation sites is 2. The van der Waals surface area contributed by atoms with Gasteiger partial charge in [0, 0.05) is 18.8 Å². The minimum atomic E-state index is 0.102. The molecule has 2 aromatic carbocycles. The van der Waals surface area contributed by atoms with Crippen molar-refractivity contribution in [1.82, 2.24) is 14.8 Å². The molecule has 0 spiro atoms. The van der Waals surface area contributed by atoms with Crippen LogP contribution in [0.4, 0.5) is 5.69 Å². The number of carbonyl (C=O) groups is 1. The number of carbonyl (C=O) groups excluding carboxylic acids is 1. The molecule has 4 rings (SSSR count). The van der Waals surface area contributed by atoms with Gasteiger partial charge in [-0.15, -0.1) is 10.2 Å². The van der Waals surface area contributed by atoms with Crippen molar-refractivity contribution in [3.63, 3.8) is 0 Å². The van der Waals surface area contributed by atoms with Crippen molar-refractivity contribution in [2.75, 3.05) is 10.7 Å². The SMILES string of the molecule is Cn1c(COc2ccccc2Cl)nnc1SCC(=O)N(c1ccccc1)C1CCCCC1. The van der Waals surface area contributed by atoms with E-state index >= 15 is 0 Å². The predicted octanol–water partition coefficient (Wildman–Crippen LogP) is 5.51. The number of thioether (sulfide) groups is 1. The number of rotatable bonds is 8. The molecule has 1 aromatic heterocycles. The summed E-state index contributed by atoms with van der Waals surface area (Å²) >= 11 is 7.55. The number of nitrogens with zero attached hydrogens (tertiary/aromatic N) is 4. The summed E-state index contributed by atoms with van der Waals surface area (Å²) in [6, 6.07) is 17.6. The Balaban J connectivity index is 1.40. The molecule has 1 heterocycles. The Kier molecular flexibility index (Phi) is 7.71. The van der Waals surface area contributed by atoms with Crippen LogP contribution in [0, 0.1) is 0 Å². The molecule has 3 aromatic rings. The van der Waals surface area contributed by atoms with Crippen LogP contribution in [0.2, 0.25) is 5.02 Å². The lowest BCUT2D eigenvalue weighted by Gasteiger charge is -2.34. The quantitative estimate of drug-likeness (QED) is 0.406. The predicted molar refractivity (Wildman–Crippen MR) is 128 cm³/mol. The lowest BCUT2D eigenvalue weighted by atomic mass is 9.93. The summed E-state index contributed by atoms with van der Waals surface area (Å²) in [5.41, 5.74) is 0.969. The van der Waals surface area contributed by atoms with Gasteiger partial charge >= 0.3 is 0 Å². The largest absolute Gasteiger partial charge is 0.484 e. The van der Waals surface area contributed by atoms with Gasteiger partial charge in [0.15, 0.2) is 11.0 Å². The summed E-state index contributed by atoms with van der Waals surface area (Å²) in [5, 5.41) is 9.73. The Labute approximate surface area is 197 Å². The molecule has 1 aliphatic rings. The van der Waals surface area contributed by atoms with Crippen LogP contribution in [0.5, 0.6) is 5.75 Å². The summed E-state index contributed by atoms with van der Waals surface area (Å²) in [6.45, 7) is 0.250. The maximum atomic E-state index is 13.3. The molecule has 8 heteroatoms. The Morgan fingerprint density at radius 1 is 1.09 bits per heavy atom. The van der Waals surface area contributed by atoms with Crippen molar-refractivity contribution in [3.8, 4) is 5.75 Å². The molecule has 0 unspecified atom stereocenters. The molecule has 168 valence electrons. The van der Waals surface area contributed by atoms with Crippen LogP contribution in [0.1, 0.15) is 37.9 Å². The first kappa shape index (κ1) is 22.7. The van der Waals surface area contributed by atoms with Crippen molar-refractivity contribution >= 4 is 35.0 Å². The van der Waals surface area contributed by atoms with Gasteiger partial charge in [0.25, 0.3) is 0 Å². The second-order valence-corrected chi connectivity index (χ2v) is 9.21. The minimum absolute atomic E-state index is 0.102. The highest BCUT2D eigenvalue weighted by atomic mass is 35.5. The lowest BCUT2D eigenvalue weighted by molar-refractivity contribution is -0.116. The fraction of sp³-hybridized carbons (Fsp3) is 0.375. The van der Waals surface area contributed by atoms with Gasteiger partial charge in [0.1, 0.15) is 12.4 Å². The first-order valence-corrected chi connectivity index (χ1v) is 12.3. The number of anilines is 1. The highest BCUT2D eigenvalue weighted by Crippen LogP contribution is 2.29. The molecule has 1 amide bonds. The number of hydrogen-bond acceptors (Lipinski definition) is 5. The number of hydrogen-bond donors (Lipinski definition) is 0. The molecule has 0 atom stereocenters. The zero-order valence-electron chi connectivity index (χ0n) is 18.1. The fourth-order valence-corrected chi connectivity index (χ4v) is 4.96. The van der Waals surface area contributed by atoms with E-state index in [1.807, 2.05) is 65.0 Å². The van der Waals surface area contributed by atoms with Crippen LogP contribution in [0.3, 0.4) is 0 Å². The van der Waals surface area contributed by atoms with Gasteiger partial charge in [-0.2, -0.15) is 0 Å². The van der Waals surface area contributed by atoms with E-state index in [1.54, 1.807) is 6.07 Å². The Morgan fingerprint density at radius 3 is 2.56 bits per heavy atom.